The molecule has 1 aromatic heterocycles. The largest absolute Gasteiger partial charge is 0.455 e. The van der Waals surface area contributed by atoms with Gasteiger partial charge in [-0.1, -0.05) is 18.2 Å². The SMILES string of the molecule is NC(=O)c1ccc(C(=O)OCc2coc(-c3ccccc3)n2)cc1. The van der Waals surface area contributed by atoms with E-state index in [4.69, 9.17) is 14.9 Å². The lowest BCUT2D eigenvalue weighted by Crippen LogP contribution is -2.11. The van der Waals surface area contributed by atoms with Gasteiger partial charge in [0.2, 0.25) is 11.8 Å². The molecule has 0 aliphatic rings. The molecular formula is C18H14N2O4. The fourth-order valence-electron chi connectivity index (χ4n) is 2.08. The summed E-state index contributed by atoms with van der Waals surface area (Å²) < 4.78 is 10.6. The van der Waals surface area contributed by atoms with Gasteiger partial charge in [-0.25, -0.2) is 9.78 Å². The molecule has 0 unspecified atom stereocenters. The number of esters is 1. The van der Waals surface area contributed by atoms with Crippen LogP contribution in [0.3, 0.4) is 0 Å². The number of nitrogens with two attached hydrogens (primary N) is 1. The minimum Gasteiger partial charge on any atom is -0.455 e. The number of aromatic nitrogens is 1. The average molecular weight is 322 g/mol. The van der Waals surface area contributed by atoms with Crippen LogP contribution in [0.15, 0.2) is 65.3 Å². The highest BCUT2D eigenvalue weighted by Crippen LogP contribution is 2.18. The lowest BCUT2D eigenvalue weighted by Gasteiger charge is -2.03. The standard InChI is InChI=1S/C18H14N2O4/c19-16(21)12-6-8-14(9-7-12)18(22)24-11-15-10-23-17(20-15)13-4-2-1-3-5-13/h1-10H,11H2,(H2,19,21). The van der Waals surface area contributed by atoms with E-state index in [-0.39, 0.29) is 6.61 Å². The van der Waals surface area contributed by atoms with Gasteiger partial charge in [0, 0.05) is 11.1 Å². The molecule has 0 saturated carbocycles. The predicted octanol–water partition coefficient (Wildman–Crippen LogP) is 2.80. The number of ether oxygens (including phenoxy) is 1. The number of rotatable bonds is 5. The highest BCUT2D eigenvalue weighted by atomic mass is 16.5. The number of carbonyl (C=O) groups excluding carboxylic acids is 2. The third-order valence-electron chi connectivity index (χ3n) is 3.33. The molecule has 3 rings (SSSR count). The summed E-state index contributed by atoms with van der Waals surface area (Å²) >= 11 is 0. The van der Waals surface area contributed by atoms with Crippen LogP contribution in [0.4, 0.5) is 0 Å². The highest BCUT2D eigenvalue weighted by Gasteiger charge is 2.11. The summed E-state index contributed by atoms with van der Waals surface area (Å²) in [6.07, 6.45) is 1.45. The third kappa shape index (κ3) is 3.49. The van der Waals surface area contributed by atoms with E-state index in [1.54, 1.807) is 0 Å². The molecule has 2 aromatic carbocycles. The maximum Gasteiger partial charge on any atom is 0.338 e. The second kappa shape index (κ2) is 6.78. The van der Waals surface area contributed by atoms with E-state index in [0.717, 1.165) is 5.56 Å². The van der Waals surface area contributed by atoms with Crippen LogP contribution >= 0.6 is 0 Å². The van der Waals surface area contributed by atoms with Gasteiger partial charge < -0.3 is 14.9 Å². The average Bonchev–Trinajstić information content (AvgIpc) is 3.09. The molecule has 0 saturated heterocycles. The van der Waals surface area contributed by atoms with Gasteiger partial charge in [0.25, 0.3) is 0 Å². The molecule has 120 valence electrons. The summed E-state index contributed by atoms with van der Waals surface area (Å²) in [5, 5.41) is 0. The van der Waals surface area contributed by atoms with Crippen LogP contribution in [0.1, 0.15) is 26.4 Å². The molecule has 2 N–H and O–H groups in total. The van der Waals surface area contributed by atoms with Crippen LogP contribution in [-0.2, 0) is 11.3 Å². The van der Waals surface area contributed by atoms with Gasteiger partial charge >= 0.3 is 5.97 Å². The maximum atomic E-state index is 12.0. The number of oxazole rings is 1. The number of hydrogen-bond donors (Lipinski definition) is 1. The Balaban J connectivity index is 1.62. The molecule has 6 nitrogen and oxygen atoms in total. The fraction of sp³-hybridized carbons (Fsp3) is 0.0556. The van der Waals surface area contributed by atoms with Gasteiger partial charge in [0.15, 0.2) is 0 Å². The summed E-state index contributed by atoms with van der Waals surface area (Å²) in [4.78, 5) is 27.3. The van der Waals surface area contributed by atoms with E-state index in [1.807, 2.05) is 30.3 Å². The quantitative estimate of drug-likeness (QED) is 0.729. The number of benzene rings is 2. The number of primary amides is 1. The molecule has 0 aliphatic heterocycles. The molecule has 1 heterocycles. The maximum absolute atomic E-state index is 12.0. The number of hydrogen-bond acceptors (Lipinski definition) is 5. The Morgan fingerprint density at radius 1 is 1.00 bits per heavy atom. The summed E-state index contributed by atoms with van der Waals surface area (Å²) in [6.45, 7) is -0.00720. The van der Waals surface area contributed by atoms with Crippen molar-refractivity contribution in [1.82, 2.24) is 4.98 Å². The van der Waals surface area contributed by atoms with E-state index >= 15 is 0 Å². The van der Waals surface area contributed by atoms with Crippen LogP contribution in [-0.4, -0.2) is 16.9 Å². The van der Waals surface area contributed by atoms with Crippen molar-refractivity contribution in [2.75, 3.05) is 0 Å². The fourth-order valence-corrected chi connectivity index (χ4v) is 2.08. The third-order valence-corrected chi connectivity index (χ3v) is 3.33. The zero-order chi connectivity index (χ0) is 16.9. The minimum atomic E-state index is -0.550. The summed E-state index contributed by atoms with van der Waals surface area (Å²) in [5.41, 5.74) is 7.16. The second-order valence-electron chi connectivity index (χ2n) is 5.03. The predicted molar refractivity (Wildman–Crippen MR) is 86.0 cm³/mol. The Bertz CT molecular complexity index is 854. The molecule has 0 radical (unpaired) electrons. The van der Waals surface area contributed by atoms with Crippen molar-refractivity contribution in [1.29, 1.82) is 0 Å². The molecule has 0 fully saturated rings. The van der Waals surface area contributed by atoms with Crippen molar-refractivity contribution in [2.45, 2.75) is 6.61 Å². The molecule has 0 spiro atoms. The van der Waals surface area contributed by atoms with Crippen molar-refractivity contribution in [3.63, 3.8) is 0 Å². The van der Waals surface area contributed by atoms with E-state index in [9.17, 15) is 9.59 Å². The first-order valence-electron chi connectivity index (χ1n) is 7.20. The van der Waals surface area contributed by atoms with Crippen molar-refractivity contribution in [2.24, 2.45) is 5.73 Å². The van der Waals surface area contributed by atoms with Crippen LogP contribution in [0.5, 0.6) is 0 Å². The first kappa shape index (κ1) is 15.5. The van der Waals surface area contributed by atoms with E-state index in [2.05, 4.69) is 4.98 Å². The molecule has 0 bridgehead atoms. The Morgan fingerprint density at radius 3 is 2.33 bits per heavy atom. The zero-order valence-corrected chi connectivity index (χ0v) is 12.6. The number of carbonyl (C=O) groups is 2. The van der Waals surface area contributed by atoms with Gasteiger partial charge in [-0.05, 0) is 36.4 Å². The highest BCUT2D eigenvalue weighted by molar-refractivity contribution is 5.95. The molecule has 24 heavy (non-hydrogen) atoms. The smallest absolute Gasteiger partial charge is 0.338 e. The lowest BCUT2D eigenvalue weighted by molar-refractivity contribution is 0.0467. The molecule has 0 atom stereocenters. The molecule has 0 aliphatic carbocycles. The van der Waals surface area contributed by atoms with E-state index in [1.165, 1.54) is 30.5 Å². The topological polar surface area (TPSA) is 95.4 Å². The molecule has 1 amide bonds. The first-order chi connectivity index (χ1) is 11.6. The van der Waals surface area contributed by atoms with Crippen LogP contribution in [0.2, 0.25) is 0 Å². The normalized spacial score (nSPS) is 10.3. The Labute approximate surface area is 137 Å². The van der Waals surface area contributed by atoms with Crippen LogP contribution in [0, 0.1) is 0 Å². The summed E-state index contributed by atoms with van der Waals surface area (Å²) in [6, 6.07) is 15.3. The number of amides is 1. The monoisotopic (exact) mass is 322 g/mol. The van der Waals surface area contributed by atoms with E-state index < -0.39 is 11.9 Å². The summed E-state index contributed by atoms with van der Waals surface area (Å²) in [5.74, 6) is -0.603. The van der Waals surface area contributed by atoms with Crippen molar-refractivity contribution in [3.05, 3.63) is 77.7 Å². The van der Waals surface area contributed by atoms with Crippen molar-refractivity contribution < 1.29 is 18.7 Å². The van der Waals surface area contributed by atoms with Gasteiger partial charge in [-0.15, -0.1) is 0 Å². The van der Waals surface area contributed by atoms with Gasteiger partial charge in [0.05, 0.1) is 5.56 Å². The second-order valence-corrected chi connectivity index (χ2v) is 5.03. The molecule has 3 aromatic rings. The van der Waals surface area contributed by atoms with Crippen molar-refractivity contribution >= 4 is 11.9 Å². The molecule has 6 heteroatoms. The van der Waals surface area contributed by atoms with Gasteiger partial charge in [0.1, 0.15) is 18.6 Å². The number of nitrogens with zero attached hydrogens (tertiary/aromatic N) is 1. The lowest BCUT2D eigenvalue weighted by atomic mass is 10.1. The summed E-state index contributed by atoms with van der Waals surface area (Å²) in [7, 11) is 0. The van der Waals surface area contributed by atoms with Crippen LogP contribution in [0.25, 0.3) is 11.5 Å². The Hall–Kier alpha value is -3.41. The zero-order valence-electron chi connectivity index (χ0n) is 12.6. The van der Waals surface area contributed by atoms with Crippen LogP contribution < -0.4 is 5.73 Å². The Morgan fingerprint density at radius 2 is 1.67 bits per heavy atom. The first-order valence-corrected chi connectivity index (χ1v) is 7.20. The van der Waals surface area contributed by atoms with Gasteiger partial charge in [-0.3, -0.25) is 4.79 Å². The van der Waals surface area contributed by atoms with Crippen molar-refractivity contribution in [3.8, 4) is 11.5 Å². The van der Waals surface area contributed by atoms with E-state index in [0.29, 0.717) is 22.7 Å². The minimum absolute atomic E-state index is 0.00720. The molecular weight excluding hydrogens is 308 g/mol. The van der Waals surface area contributed by atoms with Gasteiger partial charge in [-0.2, -0.15) is 0 Å². The Kier molecular flexibility index (Phi) is 4.38.